The summed E-state index contributed by atoms with van der Waals surface area (Å²) in [7, 11) is 0. The Morgan fingerprint density at radius 3 is 2.30 bits per heavy atom. The number of hydrogen-bond donors (Lipinski definition) is 1. The molecular weight excluding hydrogens is 244 g/mol. The molecule has 0 aromatic carbocycles. The van der Waals surface area contributed by atoms with Crippen molar-refractivity contribution in [2.45, 2.75) is 79.7 Å². The number of hydrogen-bond acceptors (Lipinski definition) is 2. The second-order valence-corrected chi connectivity index (χ2v) is 7.76. The van der Waals surface area contributed by atoms with Gasteiger partial charge in [0.25, 0.3) is 0 Å². The second-order valence-electron chi connectivity index (χ2n) is 7.76. The van der Waals surface area contributed by atoms with Gasteiger partial charge in [0.2, 0.25) is 0 Å². The van der Waals surface area contributed by atoms with Gasteiger partial charge in [-0.1, -0.05) is 48.0 Å². The van der Waals surface area contributed by atoms with Crippen LogP contribution in [-0.2, 0) is 0 Å². The molecule has 120 valence electrons. The molecule has 0 radical (unpaired) electrons. The highest BCUT2D eigenvalue weighted by molar-refractivity contribution is 4.91. The van der Waals surface area contributed by atoms with E-state index < -0.39 is 0 Å². The van der Waals surface area contributed by atoms with Crippen LogP contribution >= 0.6 is 0 Å². The van der Waals surface area contributed by atoms with E-state index in [0.29, 0.717) is 16.9 Å². The van der Waals surface area contributed by atoms with Gasteiger partial charge in [0.1, 0.15) is 0 Å². The lowest BCUT2D eigenvalue weighted by Gasteiger charge is -2.36. The van der Waals surface area contributed by atoms with Crippen molar-refractivity contribution < 1.29 is 0 Å². The third kappa shape index (κ3) is 5.04. The maximum Gasteiger partial charge on any atom is 0.00477 e. The number of rotatable bonds is 9. The van der Waals surface area contributed by atoms with Crippen molar-refractivity contribution in [2.24, 2.45) is 10.8 Å². The van der Waals surface area contributed by atoms with Crippen LogP contribution in [0.5, 0.6) is 0 Å². The predicted molar refractivity (Wildman–Crippen MR) is 90.2 cm³/mol. The van der Waals surface area contributed by atoms with E-state index in [9.17, 15) is 0 Å². The van der Waals surface area contributed by atoms with E-state index >= 15 is 0 Å². The van der Waals surface area contributed by atoms with Crippen molar-refractivity contribution in [1.82, 2.24) is 10.2 Å². The Balaban J connectivity index is 2.58. The largest absolute Gasteiger partial charge is 0.314 e. The second kappa shape index (κ2) is 7.79. The molecule has 1 atom stereocenters. The molecule has 0 aromatic heterocycles. The summed E-state index contributed by atoms with van der Waals surface area (Å²) in [5.41, 5.74) is 1.04. The van der Waals surface area contributed by atoms with Gasteiger partial charge in [-0.15, -0.1) is 0 Å². The molecule has 2 nitrogen and oxygen atoms in total. The van der Waals surface area contributed by atoms with Crippen molar-refractivity contribution in [3.63, 3.8) is 0 Å². The average molecular weight is 283 g/mol. The molecule has 20 heavy (non-hydrogen) atoms. The van der Waals surface area contributed by atoms with Gasteiger partial charge in [-0.3, -0.25) is 0 Å². The first-order valence-corrected chi connectivity index (χ1v) is 8.84. The van der Waals surface area contributed by atoms with Gasteiger partial charge in [-0.2, -0.15) is 0 Å². The van der Waals surface area contributed by atoms with Crippen LogP contribution in [0.25, 0.3) is 0 Å². The fourth-order valence-electron chi connectivity index (χ4n) is 3.81. The summed E-state index contributed by atoms with van der Waals surface area (Å²) in [4.78, 5) is 2.74. The fraction of sp³-hybridized carbons (Fsp3) is 1.00. The highest BCUT2D eigenvalue weighted by atomic mass is 15.2. The van der Waals surface area contributed by atoms with E-state index in [1.165, 1.54) is 51.7 Å². The molecule has 0 bridgehead atoms. The van der Waals surface area contributed by atoms with Crippen molar-refractivity contribution in [3.8, 4) is 0 Å². The Morgan fingerprint density at radius 2 is 1.85 bits per heavy atom. The molecule has 0 spiro atoms. The zero-order valence-corrected chi connectivity index (χ0v) is 14.9. The van der Waals surface area contributed by atoms with Crippen LogP contribution in [0, 0.1) is 10.8 Å². The smallest absolute Gasteiger partial charge is 0.00477 e. The van der Waals surface area contributed by atoms with E-state index in [1.54, 1.807) is 0 Å². The summed E-state index contributed by atoms with van der Waals surface area (Å²) >= 11 is 0. The molecule has 1 N–H and O–H groups in total. The summed E-state index contributed by atoms with van der Waals surface area (Å²) in [6.07, 6.45) is 6.70. The van der Waals surface area contributed by atoms with Crippen molar-refractivity contribution in [2.75, 3.05) is 26.2 Å². The summed E-state index contributed by atoms with van der Waals surface area (Å²) in [5.74, 6) is 0. The number of nitrogens with one attached hydrogen (secondary N) is 1. The Kier molecular flexibility index (Phi) is 7.00. The van der Waals surface area contributed by atoms with Crippen LogP contribution in [0.3, 0.4) is 0 Å². The minimum Gasteiger partial charge on any atom is -0.314 e. The molecule has 0 aliphatic carbocycles. The Hall–Kier alpha value is -0.0800. The van der Waals surface area contributed by atoms with Gasteiger partial charge >= 0.3 is 0 Å². The number of nitrogens with zero attached hydrogens (tertiary/aromatic N) is 1. The molecule has 1 heterocycles. The average Bonchev–Trinajstić information content (AvgIpc) is 2.81. The van der Waals surface area contributed by atoms with Crippen LogP contribution in [0.1, 0.15) is 73.6 Å². The zero-order chi connectivity index (χ0) is 15.2. The van der Waals surface area contributed by atoms with Gasteiger partial charge < -0.3 is 10.2 Å². The maximum absolute atomic E-state index is 3.67. The van der Waals surface area contributed by atoms with Gasteiger partial charge in [-0.25, -0.2) is 0 Å². The number of likely N-dealkylation sites (tertiary alicyclic amines) is 1. The van der Waals surface area contributed by atoms with Crippen molar-refractivity contribution in [3.05, 3.63) is 0 Å². The SMILES string of the molecule is CCCC(C)(CNC(C)C)CN1CCC(CC)(CC)C1. The van der Waals surface area contributed by atoms with Crippen molar-refractivity contribution in [1.29, 1.82) is 0 Å². The molecule has 1 aliphatic rings. The van der Waals surface area contributed by atoms with Crippen LogP contribution in [0.2, 0.25) is 0 Å². The van der Waals surface area contributed by atoms with Crippen LogP contribution in [0.4, 0.5) is 0 Å². The van der Waals surface area contributed by atoms with Gasteiger partial charge in [0.15, 0.2) is 0 Å². The fourth-order valence-corrected chi connectivity index (χ4v) is 3.81. The molecule has 1 saturated heterocycles. The van der Waals surface area contributed by atoms with Crippen LogP contribution in [0.15, 0.2) is 0 Å². The van der Waals surface area contributed by atoms with E-state index in [-0.39, 0.29) is 0 Å². The van der Waals surface area contributed by atoms with Gasteiger partial charge in [0, 0.05) is 25.7 Å². The third-order valence-electron chi connectivity index (χ3n) is 5.41. The first kappa shape index (κ1) is 18.0. The van der Waals surface area contributed by atoms with E-state index in [4.69, 9.17) is 0 Å². The van der Waals surface area contributed by atoms with Gasteiger partial charge in [0.05, 0.1) is 0 Å². The molecular formula is C18H38N2. The minimum atomic E-state index is 0.427. The third-order valence-corrected chi connectivity index (χ3v) is 5.41. The first-order chi connectivity index (χ1) is 9.38. The maximum atomic E-state index is 3.67. The summed E-state index contributed by atoms with van der Waals surface area (Å²) < 4.78 is 0. The molecule has 0 saturated carbocycles. The molecule has 1 rings (SSSR count). The van der Waals surface area contributed by atoms with E-state index in [2.05, 4.69) is 51.8 Å². The summed E-state index contributed by atoms with van der Waals surface area (Å²) in [6.45, 7) is 19.1. The molecule has 1 aliphatic heterocycles. The predicted octanol–water partition coefficient (Wildman–Crippen LogP) is 4.30. The first-order valence-electron chi connectivity index (χ1n) is 8.84. The van der Waals surface area contributed by atoms with E-state index in [1.807, 2.05) is 0 Å². The Bertz CT molecular complexity index is 271. The lowest BCUT2D eigenvalue weighted by molar-refractivity contribution is 0.150. The molecule has 0 aromatic rings. The quantitative estimate of drug-likeness (QED) is 0.678. The molecule has 1 unspecified atom stereocenters. The highest BCUT2D eigenvalue weighted by Crippen LogP contribution is 2.38. The molecule has 1 fully saturated rings. The van der Waals surface area contributed by atoms with Crippen LogP contribution in [-0.4, -0.2) is 37.1 Å². The summed E-state index contributed by atoms with van der Waals surface area (Å²) in [6, 6.07) is 0.593. The Labute approximate surface area is 127 Å². The lowest BCUT2D eigenvalue weighted by Crippen LogP contribution is -2.43. The zero-order valence-electron chi connectivity index (χ0n) is 14.9. The minimum absolute atomic E-state index is 0.427. The standard InChI is InChI=1S/C18H38N2/c1-7-10-17(6,13-19-16(4)5)14-20-12-11-18(8-2,9-3)15-20/h16,19H,7-15H2,1-6H3. The summed E-state index contributed by atoms with van der Waals surface area (Å²) in [5, 5.41) is 3.67. The topological polar surface area (TPSA) is 15.3 Å². The van der Waals surface area contributed by atoms with Gasteiger partial charge in [-0.05, 0) is 43.1 Å². The van der Waals surface area contributed by atoms with Crippen LogP contribution < -0.4 is 5.32 Å². The van der Waals surface area contributed by atoms with Crippen molar-refractivity contribution >= 4 is 0 Å². The molecule has 0 amide bonds. The highest BCUT2D eigenvalue weighted by Gasteiger charge is 2.37. The monoisotopic (exact) mass is 282 g/mol. The lowest BCUT2D eigenvalue weighted by atomic mass is 9.81. The Morgan fingerprint density at radius 1 is 1.20 bits per heavy atom. The molecule has 2 heteroatoms. The van der Waals surface area contributed by atoms with E-state index in [0.717, 1.165) is 6.54 Å². The normalized spacial score (nSPS) is 22.4.